The lowest BCUT2D eigenvalue weighted by Gasteiger charge is -2.12. The van der Waals surface area contributed by atoms with Gasteiger partial charge in [0.2, 0.25) is 0 Å². The fourth-order valence-corrected chi connectivity index (χ4v) is 4.31. The van der Waals surface area contributed by atoms with Crippen molar-refractivity contribution in [1.82, 2.24) is 0 Å². The van der Waals surface area contributed by atoms with Crippen LogP contribution >= 0.6 is 0 Å². The van der Waals surface area contributed by atoms with E-state index in [1.807, 2.05) is 0 Å². The van der Waals surface area contributed by atoms with Gasteiger partial charge >= 0.3 is 0 Å². The summed E-state index contributed by atoms with van der Waals surface area (Å²) in [7, 11) is -3.31. The Kier molecular flexibility index (Phi) is 17.3. The van der Waals surface area contributed by atoms with Crippen molar-refractivity contribution in [3.05, 3.63) is 0 Å². The van der Waals surface area contributed by atoms with E-state index in [1.54, 1.807) is 0 Å². The molecular formula is C21H44O3S. The summed E-state index contributed by atoms with van der Waals surface area (Å²) in [6.07, 6.45) is 18.2. The van der Waals surface area contributed by atoms with E-state index in [0.717, 1.165) is 32.1 Å². The van der Waals surface area contributed by atoms with Gasteiger partial charge in [-0.05, 0) is 18.8 Å². The van der Waals surface area contributed by atoms with Crippen LogP contribution in [-0.2, 0) is 14.3 Å². The zero-order valence-corrected chi connectivity index (χ0v) is 18.0. The monoisotopic (exact) mass is 376 g/mol. The predicted octanol–water partition coefficient (Wildman–Crippen LogP) is 6.86. The Morgan fingerprint density at radius 2 is 1.12 bits per heavy atom. The maximum atomic E-state index is 11.8. The molecule has 4 heteroatoms. The number of unbranched alkanes of at least 4 members (excludes halogenated alkanes) is 11. The Hall–Kier alpha value is -0.0900. The Bertz CT molecular complexity index is 361. The zero-order chi connectivity index (χ0) is 18.8. The molecule has 0 saturated carbocycles. The number of hydrogen-bond donors (Lipinski definition) is 0. The van der Waals surface area contributed by atoms with E-state index < -0.39 is 10.1 Å². The highest BCUT2D eigenvalue weighted by atomic mass is 32.2. The SMILES string of the molecule is CCCCCCCCCCCCCCOS(=O)(=O)CCC(CC)CC. The van der Waals surface area contributed by atoms with Crippen molar-refractivity contribution in [3.8, 4) is 0 Å². The normalized spacial score (nSPS) is 12.2. The molecule has 0 rings (SSSR count). The van der Waals surface area contributed by atoms with Crippen molar-refractivity contribution >= 4 is 10.1 Å². The van der Waals surface area contributed by atoms with E-state index in [9.17, 15) is 8.42 Å². The lowest BCUT2D eigenvalue weighted by atomic mass is 10.0. The third-order valence-electron chi connectivity index (χ3n) is 5.19. The van der Waals surface area contributed by atoms with Gasteiger partial charge in [-0.3, -0.25) is 4.18 Å². The minimum absolute atomic E-state index is 0.178. The van der Waals surface area contributed by atoms with Crippen LogP contribution in [0, 0.1) is 5.92 Å². The molecule has 25 heavy (non-hydrogen) atoms. The van der Waals surface area contributed by atoms with Gasteiger partial charge in [0.05, 0.1) is 12.4 Å². The Morgan fingerprint density at radius 3 is 1.56 bits per heavy atom. The first kappa shape index (κ1) is 24.9. The molecule has 0 aliphatic rings. The predicted molar refractivity (Wildman–Crippen MR) is 110 cm³/mol. The van der Waals surface area contributed by atoms with Gasteiger partial charge in [-0.25, -0.2) is 0 Å². The number of rotatable bonds is 19. The molecule has 0 aliphatic heterocycles. The summed E-state index contributed by atoms with van der Waals surface area (Å²) in [5.41, 5.74) is 0. The van der Waals surface area contributed by atoms with E-state index >= 15 is 0 Å². The van der Waals surface area contributed by atoms with E-state index in [4.69, 9.17) is 4.18 Å². The van der Waals surface area contributed by atoms with Crippen LogP contribution in [0.3, 0.4) is 0 Å². The molecule has 0 radical (unpaired) electrons. The highest BCUT2D eigenvalue weighted by Gasteiger charge is 2.14. The molecule has 0 aromatic heterocycles. The summed E-state index contributed by atoms with van der Waals surface area (Å²) >= 11 is 0. The van der Waals surface area contributed by atoms with E-state index in [-0.39, 0.29) is 5.75 Å². The first-order valence-electron chi connectivity index (χ1n) is 10.9. The summed E-state index contributed by atoms with van der Waals surface area (Å²) in [4.78, 5) is 0. The first-order chi connectivity index (χ1) is 12.1. The molecule has 0 aromatic carbocycles. The van der Waals surface area contributed by atoms with Crippen LogP contribution in [0.1, 0.15) is 117 Å². The molecule has 0 aliphatic carbocycles. The van der Waals surface area contributed by atoms with Gasteiger partial charge in [-0.2, -0.15) is 8.42 Å². The van der Waals surface area contributed by atoms with Gasteiger partial charge in [0.25, 0.3) is 10.1 Å². The maximum Gasteiger partial charge on any atom is 0.267 e. The molecule has 0 heterocycles. The molecule has 0 atom stereocenters. The van der Waals surface area contributed by atoms with Gasteiger partial charge in [0.15, 0.2) is 0 Å². The quantitative estimate of drug-likeness (QED) is 0.183. The minimum Gasteiger partial charge on any atom is -0.270 e. The summed E-state index contributed by atoms with van der Waals surface area (Å²) in [6.45, 7) is 6.86. The molecule has 0 aromatic rings. The summed E-state index contributed by atoms with van der Waals surface area (Å²) in [5, 5.41) is 0. The van der Waals surface area contributed by atoms with Crippen LogP contribution in [0.15, 0.2) is 0 Å². The van der Waals surface area contributed by atoms with E-state index in [2.05, 4.69) is 20.8 Å². The molecule has 3 nitrogen and oxygen atoms in total. The van der Waals surface area contributed by atoms with E-state index in [0.29, 0.717) is 12.5 Å². The smallest absolute Gasteiger partial charge is 0.267 e. The molecule has 0 saturated heterocycles. The fraction of sp³-hybridized carbons (Fsp3) is 1.00. The first-order valence-corrected chi connectivity index (χ1v) is 12.5. The van der Waals surface area contributed by atoms with Crippen molar-refractivity contribution in [2.24, 2.45) is 5.92 Å². The molecule has 0 unspecified atom stereocenters. The maximum absolute atomic E-state index is 11.8. The molecule has 0 fully saturated rings. The Morgan fingerprint density at radius 1 is 0.680 bits per heavy atom. The topological polar surface area (TPSA) is 43.4 Å². The van der Waals surface area contributed by atoms with Crippen LogP contribution in [0.2, 0.25) is 0 Å². The molecule has 0 N–H and O–H groups in total. The van der Waals surface area contributed by atoms with Crippen molar-refractivity contribution in [2.45, 2.75) is 117 Å². The van der Waals surface area contributed by atoms with Crippen LogP contribution in [0.4, 0.5) is 0 Å². The lowest BCUT2D eigenvalue weighted by Crippen LogP contribution is -2.14. The van der Waals surface area contributed by atoms with Gasteiger partial charge in [0, 0.05) is 0 Å². The third-order valence-corrected chi connectivity index (χ3v) is 6.45. The van der Waals surface area contributed by atoms with Crippen LogP contribution < -0.4 is 0 Å². The highest BCUT2D eigenvalue weighted by molar-refractivity contribution is 7.86. The molecule has 0 bridgehead atoms. The second-order valence-corrected chi connectivity index (χ2v) is 9.20. The summed E-state index contributed by atoms with van der Waals surface area (Å²) < 4.78 is 28.8. The molecule has 0 spiro atoms. The lowest BCUT2D eigenvalue weighted by molar-refractivity contribution is 0.303. The van der Waals surface area contributed by atoms with Gasteiger partial charge in [0.1, 0.15) is 0 Å². The number of hydrogen-bond acceptors (Lipinski definition) is 3. The Balaban J connectivity index is 3.39. The van der Waals surface area contributed by atoms with Crippen LogP contribution in [0.25, 0.3) is 0 Å². The largest absolute Gasteiger partial charge is 0.270 e. The van der Waals surface area contributed by atoms with Crippen molar-refractivity contribution < 1.29 is 12.6 Å². The average molecular weight is 377 g/mol. The van der Waals surface area contributed by atoms with Crippen molar-refractivity contribution in [1.29, 1.82) is 0 Å². The molecule has 152 valence electrons. The van der Waals surface area contributed by atoms with Gasteiger partial charge in [-0.1, -0.05) is 104 Å². The highest BCUT2D eigenvalue weighted by Crippen LogP contribution is 2.15. The van der Waals surface area contributed by atoms with Crippen molar-refractivity contribution in [2.75, 3.05) is 12.4 Å². The van der Waals surface area contributed by atoms with Gasteiger partial charge in [-0.15, -0.1) is 0 Å². The second kappa shape index (κ2) is 17.3. The molecule has 0 amide bonds. The Labute approximate surface area is 158 Å². The molecular weight excluding hydrogens is 332 g/mol. The van der Waals surface area contributed by atoms with Gasteiger partial charge < -0.3 is 0 Å². The zero-order valence-electron chi connectivity index (χ0n) is 17.2. The van der Waals surface area contributed by atoms with Crippen molar-refractivity contribution in [3.63, 3.8) is 0 Å². The minimum atomic E-state index is -3.31. The van der Waals surface area contributed by atoms with E-state index in [1.165, 1.54) is 64.2 Å². The third kappa shape index (κ3) is 17.1. The standard InChI is InChI=1S/C21H44O3S/c1-4-7-8-9-10-11-12-13-14-15-16-17-19-24-25(22,23)20-18-21(5-2)6-3/h21H,4-20H2,1-3H3. The fourth-order valence-electron chi connectivity index (χ4n) is 3.20. The van der Waals surface area contributed by atoms with Crippen LogP contribution in [0.5, 0.6) is 0 Å². The summed E-state index contributed by atoms with van der Waals surface area (Å²) in [5.74, 6) is 0.683. The van der Waals surface area contributed by atoms with Crippen LogP contribution in [-0.4, -0.2) is 20.8 Å². The second-order valence-electron chi connectivity index (χ2n) is 7.44. The summed E-state index contributed by atoms with van der Waals surface area (Å²) in [6, 6.07) is 0. The average Bonchev–Trinajstić information content (AvgIpc) is 2.60.